The van der Waals surface area contributed by atoms with Crippen LogP contribution in [-0.2, 0) is 0 Å². The number of benzene rings is 3. The molecule has 1 unspecified atom stereocenters. The van der Waals surface area contributed by atoms with Crippen molar-refractivity contribution in [2.24, 2.45) is 4.99 Å². The van der Waals surface area contributed by atoms with Gasteiger partial charge in [0, 0.05) is 19.9 Å². The summed E-state index contributed by atoms with van der Waals surface area (Å²) in [6, 6.07) is 24.6. The van der Waals surface area contributed by atoms with Crippen LogP contribution in [0.3, 0.4) is 0 Å². The van der Waals surface area contributed by atoms with Crippen molar-refractivity contribution in [1.29, 1.82) is 0 Å². The van der Waals surface area contributed by atoms with Gasteiger partial charge in [-0.2, -0.15) is 0 Å². The number of fused-ring (bicyclic) bond motifs is 1. The van der Waals surface area contributed by atoms with E-state index in [2.05, 4.69) is 74.8 Å². The highest BCUT2D eigenvalue weighted by molar-refractivity contribution is 9.10. The lowest BCUT2D eigenvalue weighted by atomic mass is 9.82. The first kappa shape index (κ1) is 23.2. The van der Waals surface area contributed by atoms with Gasteiger partial charge in [-0.05, 0) is 77.4 Å². The third kappa shape index (κ3) is 4.31. The van der Waals surface area contributed by atoms with E-state index in [1.54, 1.807) is 11.8 Å². The van der Waals surface area contributed by atoms with E-state index in [0.717, 1.165) is 67.0 Å². The Balaban J connectivity index is 1.52. The van der Waals surface area contributed by atoms with E-state index in [-0.39, 0.29) is 6.04 Å². The monoisotopic (exact) mass is 578 g/mol. The number of nitrogens with zero attached hydrogens (tertiary/aromatic N) is 2. The van der Waals surface area contributed by atoms with E-state index in [9.17, 15) is 0 Å². The summed E-state index contributed by atoms with van der Waals surface area (Å²) in [6.45, 7) is 0. The van der Waals surface area contributed by atoms with Gasteiger partial charge in [0.05, 0.1) is 17.4 Å². The van der Waals surface area contributed by atoms with Crippen LogP contribution in [0.1, 0.15) is 42.0 Å². The molecule has 2 aliphatic heterocycles. The van der Waals surface area contributed by atoms with Gasteiger partial charge in [0.2, 0.25) is 0 Å². The minimum atomic E-state index is -0.00829. The molecule has 0 radical (unpaired) electrons. The van der Waals surface area contributed by atoms with E-state index < -0.39 is 0 Å². The molecule has 174 valence electrons. The van der Waals surface area contributed by atoms with Crippen molar-refractivity contribution in [3.8, 4) is 0 Å². The molecular formula is C29H21BrCl2N2S. The second kappa shape index (κ2) is 9.67. The molecule has 6 rings (SSSR count). The number of allylic oxidation sites excluding steroid dienone is 1. The maximum Gasteiger partial charge on any atom is 0.174 e. The molecule has 6 heteroatoms. The Labute approximate surface area is 228 Å². The zero-order chi connectivity index (χ0) is 23.9. The molecule has 0 aromatic heterocycles. The Kier molecular flexibility index (Phi) is 6.40. The summed E-state index contributed by atoms with van der Waals surface area (Å²) in [5.74, 6) is 0. The average Bonchev–Trinajstić information content (AvgIpc) is 3.29. The van der Waals surface area contributed by atoms with Gasteiger partial charge < -0.3 is 4.90 Å². The third-order valence-corrected chi connectivity index (χ3v) is 8.67. The van der Waals surface area contributed by atoms with Gasteiger partial charge >= 0.3 is 0 Å². The van der Waals surface area contributed by atoms with E-state index in [0.29, 0.717) is 0 Å². The molecule has 0 amide bonds. The number of amidine groups is 1. The molecule has 3 aromatic rings. The molecule has 0 bridgehead atoms. The maximum absolute atomic E-state index is 6.83. The smallest absolute Gasteiger partial charge is 0.174 e. The first-order chi connectivity index (χ1) is 17.1. The fraction of sp³-hybridized carbons (Fsp3) is 0.138. The largest absolute Gasteiger partial charge is 0.308 e. The highest BCUT2D eigenvalue weighted by atomic mass is 79.9. The minimum absolute atomic E-state index is 0.00829. The number of halogens is 3. The van der Waals surface area contributed by atoms with Crippen molar-refractivity contribution in [2.45, 2.75) is 25.3 Å². The Morgan fingerprint density at radius 1 is 0.914 bits per heavy atom. The standard InChI is InChI=1S/C29H21BrCl2N2S/c30-21-14-12-18(13-15-21)26-17-35-29-33-27-20(16-19-6-1-3-10-24(19)31)7-5-9-23(27)28(34(26)29)22-8-2-4-11-25(22)32/h1-4,6,8,10-17,28H,5,7,9H2/b20-16+. The van der Waals surface area contributed by atoms with Crippen molar-refractivity contribution < 1.29 is 0 Å². The van der Waals surface area contributed by atoms with E-state index >= 15 is 0 Å². The normalized spacial score (nSPS) is 20.5. The summed E-state index contributed by atoms with van der Waals surface area (Å²) < 4.78 is 1.06. The molecule has 0 saturated carbocycles. The summed E-state index contributed by atoms with van der Waals surface area (Å²) in [7, 11) is 0. The highest BCUT2D eigenvalue weighted by Gasteiger charge is 2.40. The summed E-state index contributed by atoms with van der Waals surface area (Å²) in [5, 5.41) is 4.73. The van der Waals surface area contributed by atoms with Crippen LogP contribution in [0.25, 0.3) is 11.8 Å². The number of hydrogen-bond acceptors (Lipinski definition) is 3. The van der Waals surface area contributed by atoms with Gasteiger partial charge in [-0.25, -0.2) is 4.99 Å². The predicted octanol–water partition coefficient (Wildman–Crippen LogP) is 9.74. The van der Waals surface area contributed by atoms with Crippen LogP contribution in [0.5, 0.6) is 0 Å². The fourth-order valence-corrected chi connectivity index (χ4v) is 6.62. The van der Waals surface area contributed by atoms with Crippen LogP contribution in [0, 0.1) is 0 Å². The summed E-state index contributed by atoms with van der Waals surface area (Å²) in [4.78, 5) is 7.61. The molecule has 0 fully saturated rings. The molecule has 35 heavy (non-hydrogen) atoms. The molecule has 1 aliphatic carbocycles. The van der Waals surface area contributed by atoms with E-state index in [4.69, 9.17) is 28.2 Å². The molecule has 0 N–H and O–H groups in total. The maximum atomic E-state index is 6.83. The number of aliphatic imine (C=N–C) groups is 1. The topological polar surface area (TPSA) is 15.6 Å². The quantitative estimate of drug-likeness (QED) is 0.307. The zero-order valence-electron chi connectivity index (χ0n) is 18.7. The molecule has 3 aromatic carbocycles. The van der Waals surface area contributed by atoms with Gasteiger partial charge in [-0.1, -0.05) is 99.4 Å². The van der Waals surface area contributed by atoms with Crippen LogP contribution in [0.4, 0.5) is 0 Å². The molecule has 0 spiro atoms. The van der Waals surface area contributed by atoms with Gasteiger partial charge in [0.15, 0.2) is 5.17 Å². The van der Waals surface area contributed by atoms with Gasteiger partial charge in [0.25, 0.3) is 0 Å². The van der Waals surface area contributed by atoms with Gasteiger partial charge in [-0.3, -0.25) is 0 Å². The molecular weight excluding hydrogens is 559 g/mol. The van der Waals surface area contributed by atoms with Crippen LogP contribution < -0.4 is 0 Å². The SMILES string of the molecule is Clc1ccccc1/C=C1\CCCC2=C1N=C1SC=C(c3ccc(Br)cc3)N1C2c1ccccc1Cl. The van der Waals surface area contributed by atoms with Gasteiger partial charge in [-0.15, -0.1) is 0 Å². The lowest BCUT2D eigenvalue weighted by Crippen LogP contribution is -2.35. The predicted molar refractivity (Wildman–Crippen MR) is 153 cm³/mol. The minimum Gasteiger partial charge on any atom is -0.308 e. The van der Waals surface area contributed by atoms with Crippen molar-refractivity contribution in [3.63, 3.8) is 0 Å². The molecule has 0 saturated heterocycles. The van der Waals surface area contributed by atoms with Crippen LogP contribution >= 0.6 is 50.9 Å². The van der Waals surface area contributed by atoms with E-state index in [1.165, 1.54) is 11.1 Å². The lowest BCUT2D eigenvalue weighted by molar-refractivity contribution is 0.458. The molecule has 1 atom stereocenters. The van der Waals surface area contributed by atoms with Crippen molar-refractivity contribution in [1.82, 2.24) is 4.90 Å². The number of rotatable bonds is 3. The van der Waals surface area contributed by atoms with E-state index in [1.807, 2.05) is 30.3 Å². The first-order valence-electron chi connectivity index (χ1n) is 11.5. The lowest BCUT2D eigenvalue weighted by Gasteiger charge is -2.40. The summed E-state index contributed by atoms with van der Waals surface area (Å²) >= 11 is 18.6. The average molecular weight is 580 g/mol. The first-order valence-corrected chi connectivity index (χ1v) is 14.0. The second-order valence-electron chi connectivity index (χ2n) is 8.73. The molecule has 3 aliphatic rings. The second-order valence-corrected chi connectivity index (χ2v) is 11.3. The highest BCUT2D eigenvalue weighted by Crippen LogP contribution is 2.52. The number of thioether (sulfide) groups is 1. The van der Waals surface area contributed by atoms with Crippen molar-refractivity contribution in [2.75, 3.05) is 0 Å². The fourth-order valence-electron chi connectivity index (χ4n) is 5.00. The van der Waals surface area contributed by atoms with Crippen LogP contribution in [0.2, 0.25) is 10.0 Å². The van der Waals surface area contributed by atoms with Crippen molar-refractivity contribution in [3.05, 3.63) is 126 Å². The molecule has 2 heterocycles. The Hall–Kier alpha value is -2.24. The summed E-state index contributed by atoms with van der Waals surface area (Å²) in [6.07, 6.45) is 5.24. The van der Waals surface area contributed by atoms with Crippen LogP contribution in [-0.4, -0.2) is 10.1 Å². The van der Waals surface area contributed by atoms with Gasteiger partial charge in [0.1, 0.15) is 0 Å². The summed E-state index contributed by atoms with van der Waals surface area (Å²) in [5.41, 5.74) is 8.10. The number of hydrogen-bond donors (Lipinski definition) is 0. The van der Waals surface area contributed by atoms with Crippen molar-refractivity contribution >= 4 is 67.8 Å². The Morgan fingerprint density at radius 2 is 1.66 bits per heavy atom. The Morgan fingerprint density at radius 3 is 2.43 bits per heavy atom. The Bertz CT molecular complexity index is 1440. The molecule has 2 nitrogen and oxygen atoms in total. The third-order valence-electron chi connectivity index (χ3n) is 6.61. The zero-order valence-corrected chi connectivity index (χ0v) is 22.6. The van der Waals surface area contributed by atoms with Crippen LogP contribution in [0.15, 0.2) is 105 Å².